The van der Waals surface area contributed by atoms with Crippen molar-refractivity contribution in [3.8, 4) is 10.6 Å². The molecule has 4 rings (SSSR count). The molecule has 0 atom stereocenters. The molecule has 15 heteroatoms. The number of allylic oxidation sites excluding steroid dienone is 1. The fourth-order valence-electron chi connectivity index (χ4n) is 4.23. The van der Waals surface area contributed by atoms with Crippen LogP contribution in [0.5, 0.6) is 0 Å². The van der Waals surface area contributed by atoms with Gasteiger partial charge >= 0.3 is 6.03 Å². The first-order valence-corrected chi connectivity index (χ1v) is 15.2. The molecule has 1 fully saturated rings. The number of carbonyl (C=O) groups excluding carboxylic acids is 2. The number of hydrogen-bond donors (Lipinski definition) is 4. The van der Waals surface area contributed by atoms with E-state index in [4.69, 9.17) is 10.8 Å². The van der Waals surface area contributed by atoms with Crippen LogP contribution in [0.15, 0.2) is 40.6 Å². The molecular weight excluding hydrogens is 592 g/mol. The van der Waals surface area contributed by atoms with E-state index in [0.29, 0.717) is 17.1 Å². The fraction of sp³-hybridized carbons (Fsp3) is 0.448. The summed E-state index contributed by atoms with van der Waals surface area (Å²) in [5.74, 6) is -2.37. The number of amides is 2. The zero-order valence-electron chi connectivity index (χ0n) is 25.1. The van der Waals surface area contributed by atoms with Gasteiger partial charge in [0.15, 0.2) is 5.82 Å². The SMILES string of the molecule is CCO.CN(C)CCCNC(=O)n1cc(-c2nc(C(=O)N/C(C=NC3CCCCC3)=C(/N)c3nc(F)ccc3F)cs2)cn1. The molecule has 12 nitrogen and oxygen atoms in total. The number of nitrogens with two attached hydrogens (primary N) is 1. The zero-order valence-corrected chi connectivity index (χ0v) is 25.9. The topological polar surface area (TPSA) is 164 Å². The van der Waals surface area contributed by atoms with Crippen LogP contribution in [-0.4, -0.2) is 87.7 Å². The van der Waals surface area contributed by atoms with Crippen molar-refractivity contribution < 1.29 is 23.5 Å². The molecule has 0 aromatic carbocycles. The van der Waals surface area contributed by atoms with Gasteiger partial charge in [0.2, 0.25) is 5.95 Å². The lowest BCUT2D eigenvalue weighted by Crippen LogP contribution is -2.31. The van der Waals surface area contributed by atoms with Crippen LogP contribution in [0.1, 0.15) is 61.6 Å². The summed E-state index contributed by atoms with van der Waals surface area (Å²) < 4.78 is 29.4. The molecule has 0 unspecified atom stereocenters. The van der Waals surface area contributed by atoms with E-state index in [-0.39, 0.29) is 35.8 Å². The van der Waals surface area contributed by atoms with Crippen LogP contribution < -0.4 is 16.4 Å². The van der Waals surface area contributed by atoms with Crippen molar-refractivity contribution in [2.75, 3.05) is 33.8 Å². The second-order valence-electron chi connectivity index (χ2n) is 10.2. The van der Waals surface area contributed by atoms with E-state index >= 15 is 0 Å². The summed E-state index contributed by atoms with van der Waals surface area (Å²) in [6.45, 7) is 3.28. The van der Waals surface area contributed by atoms with E-state index < -0.39 is 23.4 Å². The smallest absolute Gasteiger partial charge is 0.342 e. The third kappa shape index (κ3) is 10.3. The Labute approximate surface area is 259 Å². The van der Waals surface area contributed by atoms with Crippen LogP contribution in [0.3, 0.4) is 0 Å². The van der Waals surface area contributed by atoms with Crippen LogP contribution in [0, 0.1) is 11.8 Å². The van der Waals surface area contributed by atoms with Gasteiger partial charge < -0.3 is 26.4 Å². The van der Waals surface area contributed by atoms with E-state index in [1.54, 1.807) is 6.92 Å². The van der Waals surface area contributed by atoms with Gasteiger partial charge in [-0.05, 0) is 59.0 Å². The highest BCUT2D eigenvalue weighted by Gasteiger charge is 2.19. The Bertz CT molecular complexity index is 1450. The molecule has 44 heavy (non-hydrogen) atoms. The summed E-state index contributed by atoms with van der Waals surface area (Å²) in [5, 5.41) is 19.1. The molecule has 3 aromatic rings. The lowest BCUT2D eigenvalue weighted by atomic mass is 9.96. The number of aliphatic imine (C=N–C) groups is 1. The highest BCUT2D eigenvalue weighted by molar-refractivity contribution is 7.13. The van der Waals surface area contributed by atoms with E-state index in [9.17, 15) is 18.4 Å². The van der Waals surface area contributed by atoms with Crippen molar-refractivity contribution in [3.63, 3.8) is 0 Å². The standard InChI is InChI=1S/C27H33F2N9O2S.C2H6O/c1-37(2)12-6-11-31-27(40)38-15-17(13-33-38)26-35-21(16-41-26)25(39)34-20(14-32-18-7-4-3-5-8-18)23(30)24-19(28)9-10-22(29)36-24;1-2-3/h9-10,13-16,18H,3-8,11-12,30H2,1-2H3,(H,31,40)(H,34,39);3H,2H2,1H3/b23-20+,32-14?;. The minimum absolute atomic E-state index is 0.00844. The number of aliphatic hydroxyl groups is 1. The lowest BCUT2D eigenvalue weighted by molar-refractivity contribution is 0.0964. The third-order valence-electron chi connectivity index (χ3n) is 6.43. The predicted octanol–water partition coefficient (Wildman–Crippen LogP) is 3.65. The maximum absolute atomic E-state index is 14.5. The van der Waals surface area contributed by atoms with Gasteiger partial charge in [-0.15, -0.1) is 11.3 Å². The number of rotatable bonds is 10. The van der Waals surface area contributed by atoms with E-state index in [2.05, 4.69) is 30.7 Å². The fourth-order valence-corrected chi connectivity index (χ4v) is 5.00. The van der Waals surface area contributed by atoms with Gasteiger partial charge in [-0.3, -0.25) is 9.79 Å². The molecule has 3 aromatic heterocycles. The summed E-state index contributed by atoms with van der Waals surface area (Å²) in [6, 6.07) is 1.47. The monoisotopic (exact) mass is 631 g/mol. The molecule has 0 aliphatic heterocycles. The van der Waals surface area contributed by atoms with Gasteiger partial charge in [-0.1, -0.05) is 19.3 Å². The number of halogens is 2. The van der Waals surface area contributed by atoms with Crippen LogP contribution in [0.25, 0.3) is 16.3 Å². The average molecular weight is 632 g/mol. The van der Waals surface area contributed by atoms with E-state index in [1.807, 2.05) is 19.0 Å². The number of nitrogens with one attached hydrogen (secondary N) is 2. The molecular formula is C29H39F2N9O3S. The number of carbonyl (C=O) groups is 2. The first-order chi connectivity index (χ1) is 21.1. The number of pyridine rings is 1. The number of aliphatic hydroxyl groups excluding tert-OH is 1. The molecule has 5 N–H and O–H groups in total. The molecule has 0 radical (unpaired) electrons. The Morgan fingerprint density at radius 3 is 2.66 bits per heavy atom. The molecule has 3 heterocycles. The second-order valence-corrected chi connectivity index (χ2v) is 11.1. The van der Waals surface area contributed by atoms with Gasteiger partial charge in [0.05, 0.1) is 23.6 Å². The van der Waals surface area contributed by atoms with Crippen LogP contribution in [0.4, 0.5) is 13.6 Å². The van der Waals surface area contributed by atoms with Crippen molar-refractivity contribution in [2.45, 2.75) is 51.5 Å². The van der Waals surface area contributed by atoms with Crippen molar-refractivity contribution in [1.82, 2.24) is 35.3 Å². The van der Waals surface area contributed by atoms with Crippen molar-refractivity contribution >= 4 is 35.2 Å². The zero-order chi connectivity index (χ0) is 32.1. The molecule has 1 aliphatic carbocycles. The Kier molecular flexibility index (Phi) is 13.5. The maximum Gasteiger partial charge on any atom is 0.342 e. The Hall–Kier alpha value is -4.08. The second kappa shape index (κ2) is 17.3. The van der Waals surface area contributed by atoms with Gasteiger partial charge in [-0.25, -0.2) is 19.2 Å². The molecule has 0 saturated heterocycles. The summed E-state index contributed by atoms with van der Waals surface area (Å²) >= 11 is 1.19. The molecule has 0 spiro atoms. The number of nitrogens with zero attached hydrogens (tertiary/aromatic N) is 6. The van der Waals surface area contributed by atoms with Crippen molar-refractivity contribution in [1.29, 1.82) is 0 Å². The van der Waals surface area contributed by atoms with Crippen molar-refractivity contribution in [2.24, 2.45) is 10.7 Å². The van der Waals surface area contributed by atoms with Crippen LogP contribution in [0.2, 0.25) is 0 Å². The van der Waals surface area contributed by atoms with Crippen LogP contribution in [-0.2, 0) is 0 Å². The molecule has 1 saturated carbocycles. The average Bonchev–Trinajstić information content (AvgIpc) is 3.70. The number of hydrogen-bond acceptors (Lipinski definition) is 10. The van der Waals surface area contributed by atoms with Gasteiger partial charge in [-0.2, -0.15) is 14.2 Å². The normalized spacial score (nSPS) is 14.2. The summed E-state index contributed by atoms with van der Waals surface area (Å²) in [5.41, 5.74) is 6.09. The number of aromatic nitrogens is 4. The van der Waals surface area contributed by atoms with E-state index in [0.717, 1.165) is 57.2 Å². The summed E-state index contributed by atoms with van der Waals surface area (Å²) in [7, 11) is 3.92. The minimum atomic E-state index is -0.911. The van der Waals surface area contributed by atoms with Crippen LogP contribution >= 0.6 is 11.3 Å². The highest BCUT2D eigenvalue weighted by atomic mass is 32.1. The van der Waals surface area contributed by atoms with Gasteiger partial charge in [0.25, 0.3) is 5.91 Å². The quantitative estimate of drug-likeness (QED) is 0.150. The summed E-state index contributed by atoms with van der Waals surface area (Å²) in [6.07, 6.45) is 10.2. The van der Waals surface area contributed by atoms with Gasteiger partial charge in [0, 0.05) is 36.5 Å². The minimum Gasteiger partial charge on any atom is -0.397 e. The Balaban J connectivity index is 0.00000169. The first-order valence-electron chi connectivity index (χ1n) is 14.3. The Morgan fingerprint density at radius 1 is 1.23 bits per heavy atom. The highest BCUT2D eigenvalue weighted by Crippen LogP contribution is 2.24. The maximum atomic E-state index is 14.5. The lowest BCUT2D eigenvalue weighted by Gasteiger charge is -2.18. The Morgan fingerprint density at radius 2 is 1.95 bits per heavy atom. The molecule has 1 aliphatic rings. The van der Waals surface area contributed by atoms with Crippen molar-refractivity contribution in [3.05, 3.63) is 58.8 Å². The molecule has 0 bridgehead atoms. The third-order valence-corrected chi connectivity index (χ3v) is 7.32. The van der Waals surface area contributed by atoms with E-state index in [1.165, 1.54) is 40.0 Å². The first kappa shape index (κ1) is 34.4. The largest absolute Gasteiger partial charge is 0.397 e. The predicted molar refractivity (Wildman–Crippen MR) is 166 cm³/mol. The van der Waals surface area contributed by atoms with Gasteiger partial charge in [0.1, 0.15) is 16.4 Å². The number of thiazole rings is 1. The molecule has 238 valence electrons. The molecule has 2 amide bonds. The summed E-state index contributed by atoms with van der Waals surface area (Å²) in [4.78, 5) is 40.0.